The molecule has 1 amide bonds. The first kappa shape index (κ1) is 18.4. The molecule has 2 heterocycles. The number of aromatic nitrogens is 2. The molecule has 140 valence electrons. The number of piperidine rings is 1. The van der Waals surface area contributed by atoms with E-state index in [-0.39, 0.29) is 17.5 Å². The Kier molecular flexibility index (Phi) is 4.77. The van der Waals surface area contributed by atoms with E-state index in [1.165, 1.54) is 23.1 Å². The number of nitrogens with zero attached hydrogens (tertiary/aromatic N) is 3. The smallest absolute Gasteiger partial charge is 0.338 e. The number of benzene rings is 1. The van der Waals surface area contributed by atoms with Crippen LogP contribution in [-0.4, -0.2) is 33.7 Å². The first-order valence-corrected chi connectivity index (χ1v) is 8.38. The highest BCUT2D eigenvalue weighted by Crippen LogP contribution is 2.35. The van der Waals surface area contributed by atoms with Crippen LogP contribution in [0.2, 0.25) is 0 Å². The molecule has 1 aromatic heterocycles. The molecule has 0 radical (unpaired) electrons. The van der Waals surface area contributed by atoms with E-state index in [1.807, 2.05) is 13.8 Å². The van der Waals surface area contributed by atoms with Gasteiger partial charge in [0.05, 0.1) is 11.8 Å². The molecule has 26 heavy (non-hydrogen) atoms. The van der Waals surface area contributed by atoms with Crippen LogP contribution < -0.4 is 0 Å². The van der Waals surface area contributed by atoms with Gasteiger partial charge in [0, 0.05) is 13.1 Å². The maximum Gasteiger partial charge on any atom is 0.434 e. The van der Waals surface area contributed by atoms with Gasteiger partial charge >= 0.3 is 6.18 Å². The molecule has 0 aliphatic carbocycles. The van der Waals surface area contributed by atoms with E-state index < -0.39 is 29.2 Å². The zero-order valence-electron chi connectivity index (χ0n) is 14.4. The molecule has 1 saturated heterocycles. The summed E-state index contributed by atoms with van der Waals surface area (Å²) in [7, 11) is 0. The van der Waals surface area contributed by atoms with Crippen LogP contribution in [0.1, 0.15) is 36.3 Å². The SMILES string of the molecule is CC1CC(C)CN(C(=O)c2cnn(-c3ccccc3F)c2C(F)(F)F)C1. The van der Waals surface area contributed by atoms with E-state index in [0.29, 0.717) is 17.8 Å². The van der Waals surface area contributed by atoms with Crippen LogP contribution >= 0.6 is 0 Å². The highest BCUT2D eigenvalue weighted by molar-refractivity contribution is 5.95. The van der Waals surface area contributed by atoms with Crippen LogP contribution in [0.3, 0.4) is 0 Å². The second kappa shape index (κ2) is 6.74. The molecule has 2 atom stereocenters. The van der Waals surface area contributed by atoms with Crippen molar-refractivity contribution in [2.24, 2.45) is 11.8 Å². The van der Waals surface area contributed by atoms with Crippen molar-refractivity contribution in [2.45, 2.75) is 26.4 Å². The van der Waals surface area contributed by atoms with Crippen molar-refractivity contribution >= 4 is 5.91 Å². The molecular formula is C18H19F4N3O. The number of hydrogen-bond donors (Lipinski definition) is 0. The normalized spacial score (nSPS) is 21.1. The molecule has 1 aliphatic heterocycles. The van der Waals surface area contributed by atoms with Gasteiger partial charge in [-0.3, -0.25) is 4.79 Å². The number of amides is 1. The molecule has 0 saturated carbocycles. The fourth-order valence-electron chi connectivity index (χ4n) is 3.58. The number of carbonyl (C=O) groups excluding carboxylic acids is 1. The number of likely N-dealkylation sites (tertiary alicyclic amines) is 1. The van der Waals surface area contributed by atoms with Crippen molar-refractivity contribution in [3.05, 3.63) is 47.5 Å². The lowest BCUT2D eigenvalue weighted by Gasteiger charge is -2.35. The van der Waals surface area contributed by atoms with Crippen LogP contribution in [0.4, 0.5) is 17.6 Å². The number of halogens is 4. The fourth-order valence-corrected chi connectivity index (χ4v) is 3.58. The monoisotopic (exact) mass is 369 g/mol. The van der Waals surface area contributed by atoms with Gasteiger partial charge in [-0.2, -0.15) is 18.3 Å². The maximum absolute atomic E-state index is 14.0. The molecule has 0 bridgehead atoms. The second-order valence-corrected chi connectivity index (χ2v) is 6.92. The summed E-state index contributed by atoms with van der Waals surface area (Å²) in [6, 6.07) is 5.03. The molecule has 2 aromatic rings. The van der Waals surface area contributed by atoms with E-state index in [9.17, 15) is 22.4 Å². The van der Waals surface area contributed by atoms with Crippen LogP contribution in [-0.2, 0) is 6.18 Å². The lowest BCUT2D eigenvalue weighted by Crippen LogP contribution is -2.43. The second-order valence-electron chi connectivity index (χ2n) is 6.92. The lowest BCUT2D eigenvalue weighted by molar-refractivity contribution is -0.143. The van der Waals surface area contributed by atoms with Gasteiger partial charge in [0.25, 0.3) is 5.91 Å². The van der Waals surface area contributed by atoms with Gasteiger partial charge in [0.15, 0.2) is 5.69 Å². The number of hydrogen-bond acceptors (Lipinski definition) is 2. The van der Waals surface area contributed by atoms with Crippen LogP contribution in [0.25, 0.3) is 5.69 Å². The number of para-hydroxylation sites is 1. The first-order chi connectivity index (χ1) is 12.2. The molecular weight excluding hydrogens is 350 g/mol. The average Bonchev–Trinajstić information content (AvgIpc) is 2.98. The Balaban J connectivity index is 2.06. The Morgan fingerprint density at radius 2 is 1.77 bits per heavy atom. The molecule has 8 heteroatoms. The van der Waals surface area contributed by atoms with Crippen molar-refractivity contribution in [1.29, 1.82) is 0 Å². The summed E-state index contributed by atoms with van der Waals surface area (Å²) in [5.74, 6) is -1.16. The topological polar surface area (TPSA) is 38.1 Å². The van der Waals surface area contributed by atoms with Crippen molar-refractivity contribution < 1.29 is 22.4 Å². The summed E-state index contributed by atoms with van der Waals surface area (Å²) in [5, 5.41) is 3.68. The predicted molar refractivity (Wildman–Crippen MR) is 87.4 cm³/mol. The van der Waals surface area contributed by atoms with Gasteiger partial charge in [0.1, 0.15) is 11.5 Å². The Hall–Kier alpha value is -2.38. The fraction of sp³-hybridized carbons (Fsp3) is 0.444. The zero-order valence-corrected chi connectivity index (χ0v) is 14.4. The molecule has 2 unspecified atom stereocenters. The first-order valence-electron chi connectivity index (χ1n) is 8.38. The number of rotatable bonds is 2. The summed E-state index contributed by atoms with van der Waals surface area (Å²) in [5.41, 5.74) is -2.15. The Morgan fingerprint density at radius 1 is 1.15 bits per heavy atom. The molecule has 3 rings (SSSR count). The van der Waals surface area contributed by atoms with Crippen molar-refractivity contribution in [3.8, 4) is 5.69 Å². The van der Waals surface area contributed by atoms with E-state index in [1.54, 1.807) is 0 Å². The quantitative estimate of drug-likeness (QED) is 0.746. The van der Waals surface area contributed by atoms with E-state index in [4.69, 9.17) is 0 Å². The number of alkyl halides is 3. The number of carbonyl (C=O) groups is 1. The van der Waals surface area contributed by atoms with Crippen LogP contribution in [0.5, 0.6) is 0 Å². The van der Waals surface area contributed by atoms with Gasteiger partial charge in [-0.25, -0.2) is 9.07 Å². The minimum atomic E-state index is -4.85. The summed E-state index contributed by atoms with van der Waals surface area (Å²) < 4.78 is 55.5. The van der Waals surface area contributed by atoms with E-state index in [2.05, 4.69) is 5.10 Å². The Morgan fingerprint density at radius 3 is 2.35 bits per heavy atom. The minimum Gasteiger partial charge on any atom is -0.338 e. The molecule has 1 aliphatic rings. The minimum absolute atomic E-state index is 0.207. The van der Waals surface area contributed by atoms with Crippen molar-refractivity contribution in [1.82, 2.24) is 14.7 Å². The van der Waals surface area contributed by atoms with Crippen molar-refractivity contribution in [2.75, 3.05) is 13.1 Å². The summed E-state index contributed by atoms with van der Waals surface area (Å²) in [6.45, 7) is 4.71. The summed E-state index contributed by atoms with van der Waals surface area (Å²) >= 11 is 0. The highest BCUT2D eigenvalue weighted by Gasteiger charge is 2.42. The average molecular weight is 369 g/mol. The molecule has 4 nitrogen and oxygen atoms in total. The van der Waals surface area contributed by atoms with Crippen LogP contribution in [0, 0.1) is 17.7 Å². The van der Waals surface area contributed by atoms with Gasteiger partial charge in [-0.1, -0.05) is 26.0 Å². The van der Waals surface area contributed by atoms with Gasteiger partial charge in [-0.15, -0.1) is 0 Å². The molecule has 0 spiro atoms. The molecule has 1 fully saturated rings. The van der Waals surface area contributed by atoms with E-state index in [0.717, 1.165) is 18.7 Å². The summed E-state index contributed by atoms with van der Waals surface area (Å²) in [4.78, 5) is 14.2. The lowest BCUT2D eigenvalue weighted by atomic mass is 9.91. The van der Waals surface area contributed by atoms with Crippen molar-refractivity contribution in [3.63, 3.8) is 0 Å². The van der Waals surface area contributed by atoms with Crippen LogP contribution in [0.15, 0.2) is 30.5 Å². The molecule has 1 aromatic carbocycles. The molecule has 0 N–H and O–H groups in total. The Labute approximate surface area is 148 Å². The Bertz CT molecular complexity index is 805. The third-order valence-electron chi connectivity index (χ3n) is 4.50. The standard InChI is InChI=1S/C18H19F4N3O/c1-11-7-12(2)10-24(9-11)17(26)13-8-23-25(16(13)18(20,21)22)15-6-4-3-5-14(15)19/h3-6,8,11-12H,7,9-10H2,1-2H3. The summed E-state index contributed by atoms with van der Waals surface area (Å²) in [6.07, 6.45) is -3.05. The van der Waals surface area contributed by atoms with Gasteiger partial charge in [0.2, 0.25) is 0 Å². The third-order valence-corrected chi connectivity index (χ3v) is 4.50. The largest absolute Gasteiger partial charge is 0.434 e. The van der Waals surface area contributed by atoms with Gasteiger partial charge in [-0.05, 0) is 30.4 Å². The van der Waals surface area contributed by atoms with Gasteiger partial charge < -0.3 is 4.90 Å². The van der Waals surface area contributed by atoms with E-state index >= 15 is 0 Å². The maximum atomic E-state index is 14.0. The third kappa shape index (κ3) is 3.45. The highest BCUT2D eigenvalue weighted by atomic mass is 19.4. The zero-order chi connectivity index (χ0) is 19.1. The predicted octanol–water partition coefficient (Wildman–Crippen LogP) is 4.15.